The summed E-state index contributed by atoms with van der Waals surface area (Å²) in [7, 11) is -2.18. The maximum Gasteiger partial charge on any atom is 0.233 e. The van der Waals surface area contributed by atoms with Crippen LogP contribution in [0, 0.1) is 5.92 Å². The number of nitrogens with one attached hydrogen (secondary N) is 3. The van der Waals surface area contributed by atoms with Gasteiger partial charge in [0.25, 0.3) is 0 Å². The molecule has 1 atom stereocenters. The summed E-state index contributed by atoms with van der Waals surface area (Å²) in [4.78, 5) is 22.7. The summed E-state index contributed by atoms with van der Waals surface area (Å²) in [5.74, 6) is -0.982. The molecule has 0 spiro atoms. The highest BCUT2D eigenvalue weighted by atomic mass is 32.2. The number of hydrogen-bond acceptors (Lipinski definition) is 5. The molecule has 0 bridgehead atoms. The Balaban J connectivity index is 2.46. The fourth-order valence-electron chi connectivity index (χ4n) is 2.05. The van der Waals surface area contributed by atoms with Crippen molar-refractivity contribution in [1.29, 1.82) is 0 Å². The molecule has 1 rings (SSSR count). The number of methoxy groups -OCH3 is 1. The number of benzene rings is 1. The quantitative estimate of drug-likeness (QED) is 0.524. The van der Waals surface area contributed by atoms with Crippen molar-refractivity contribution in [2.75, 3.05) is 30.7 Å². The summed E-state index contributed by atoms with van der Waals surface area (Å²) in [5.41, 5.74) is 0.377. The molecule has 3 N–H and O–H groups in total. The van der Waals surface area contributed by atoms with E-state index < -0.39 is 15.9 Å². The molecule has 25 heavy (non-hydrogen) atoms. The average Bonchev–Trinajstić information content (AvgIpc) is 2.53. The van der Waals surface area contributed by atoms with Crippen molar-refractivity contribution >= 4 is 27.5 Å². The van der Waals surface area contributed by atoms with Gasteiger partial charge in [0.15, 0.2) is 0 Å². The number of carbonyl (C=O) groups is 2. The molecular weight excluding hydrogens is 346 g/mol. The number of anilines is 1. The summed E-state index contributed by atoms with van der Waals surface area (Å²) >= 11 is 0. The lowest BCUT2D eigenvalue weighted by Gasteiger charge is -2.14. The highest BCUT2D eigenvalue weighted by molar-refractivity contribution is 7.92. The first kappa shape index (κ1) is 20.8. The van der Waals surface area contributed by atoms with Gasteiger partial charge in [-0.1, -0.05) is 13.0 Å². The van der Waals surface area contributed by atoms with E-state index in [1.54, 1.807) is 31.2 Å². The van der Waals surface area contributed by atoms with E-state index in [1.165, 1.54) is 14.0 Å². The predicted octanol–water partition coefficient (Wildman–Crippen LogP) is 0.715. The first-order valence-electron chi connectivity index (χ1n) is 7.90. The summed E-state index contributed by atoms with van der Waals surface area (Å²) in [6.07, 6.45) is 0.576. The molecule has 0 aliphatic heterocycles. The normalized spacial score (nSPS) is 12.1. The van der Waals surface area contributed by atoms with Gasteiger partial charge in [-0.2, -0.15) is 0 Å². The minimum atomic E-state index is -3.67. The highest BCUT2D eigenvalue weighted by Gasteiger charge is 2.21. The summed E-state index contributed by atoms with van der Waals surface area (Å²) in [6, 6.07) is 6.54. The Morgan fingerprint density at radius 1 is 1.20 bits per heavy atom. The maximum atomic E-state index is 12.2. The van der Waals surface area contributed by atoms with E-state index in [0.717, 1.165) is 0 Å². The lowest BCUT2D eigenvalue weighted by Crippen LogP contribution is -2.36. The van der Waals surface area contributed by atoms with Gasteiger partial charge in [0.1, 0.15) is 5.75 Å². The van der Waals surface area contributed by atoms with E-state index in [4.69, 9.17) is 4.74 Å². The zero-order chi connectivity index (χ0) is 18.9. The second kappa shape index (κ2) is 9.87. The van der Waals surface area contributed by atoms with Crippen LogP contribution in [-0.2, 0) is 19.6 Å². The standard InChI is InChI=1S/C16H25N3O5S/c1-12(16(21)18-9-5-8-17-13(2)20)11-25(22,23)19-14-6-4-7-15(10-14)24-3/h4,6-7,10,12,19H,5,8-9,11H2,1-3H3,(H,17,20)(H,18,21). The van der Waals surface area contributed by atoms with Gasteiger partial charge in [-0.05, 0) is 18.6 Å². The lowest BCUT2D eigenvalue weighted by molar-refractivity contribution is -0.123. The molecule has 0 heterocycles. The summed E-state index contributed by atoms with van der Waals surface area (Å²) in [5, 5.41) is 5.28. The van der Waals surface area contributed by atoms with E-state index in [1.807, 2.05) is 0 Å². The van der Waals surface area contributed by atoms with Gasteiger partial charge in [-0.15, -0.1) is 0 Å². The monoisotopic (exact) mass is 371 g/mol. The molecule has 0 saturated carbocycles. The van der Waals surface area contributed by atoms with Crippen molar-refractivity contribution in [3.05, 3.63) is 24.3 Å². The van der Waals surface area contributed by atoms with Crippen molar-refractivity contribution in [3.8, 4) is 5.75 Å². The molecule has 1 aromatic carbocycles. The number of rotatable bonds is 10. The first-order chi connectivity index (χ1) is 11.7. The van der Waals surface area contributed by atoms with Crippen LogP contribution in [0.3, 0.4) is 0 Å². The third-order valence-electron chi connectivity index (χ3n) is 3.29. The lowest BCUT2D eigenvalue weighted by atomic mass is 10.2. The summed E-state index contributed by atoms with van der Waals surface area (Å²) < 4.78 is 31.8. The Hall–Kier alpha value is -2.29. The fraction of sp³-hybridized carbons (Fsp3) is 0.500. The van der Waals surface area contributed by atoms with Crippen LogP contribution in [0.15, 0.2) is 24.3 Å². The SMILES string of the molecule is COc1cccc(NS(=O)(=O)CC(C)C(=O)NCCCNC(C)=O)c1. The molecule has 2 amide bonds. The molecule has 0 aromatic heterocycles. The zero-order valence-electron chi connectivity index (χ0n) is 14.7. The third-order valence-corrected chi connectivity index (χ3v) is 4.77. The number of ether oxygens (including phenoxy) is 1. The topological polar surface area (TPSA) is 114 Å². The molecule has 140 valence electrons. The second-order valence-corrected chi connectivity index (χ2v) is 7.41. The molecule has 0 aliphatic carbocycles. The van der Waals surface area contributed by atoms with E-state index in [2.05, 4.69) is 15.4 Å². The average molecular weight is 371 g/mol. The van der Waals surface area contributed by atoms with Crippen LogP contribution >= 0.6 is 0 Å². The molecule has 9 heteroatoms. The predicted molar refractivity (Wildman–Crippen MR) is 95.9 cm³/mol. The fourth-order valence-corrected chi connectivity index (χ4v) is 3.43. The number of amides is 2. The second-order valence-electron chi connectivity index (χ2n) is 5.64. The van der Waals surface area contributed by atoms with Gasteiger partial charge in [-0.25, -0.2) is 8.42 Å². The minimum Gasteiger partial charge on any atom is -0.497 e. The molecule has 0 fully saturated rings. The van der Waals surface area contributed by atoms with Gasteiger partial charge in [0.05, 0.1) is 24.5 Å². The molecule has 0 radical (unpaired) electrons. The smallest absolute Gasteiger partial charge is 0.233 e. The Morgan fingerprint density at radius 2 is 1.88 bits per heavy atom. The summed E-state index contributed by atoms with van der Waals surface area (Å²) in [6.45, 7) is 3.79. The maximum absolute atomic E-state index is 12.2. The number of sulfonamides is 1. The Morgan fingerprint density at radius 3 is 2.52 bits per heavy atom. The molecule has 8 nitrogen and oxygen atoms in total. The zero-order valence-corrected chi connectivity index (χ0v) is 15.5. The largest absolute Gasteiger partial charge is 0.497 e. The molecule has 1 unspecified atom stereocenters. The van der Waals surface area contributed by atoms with Crippen LogP contribution in [0.25, 0.3) is 0 Å². The molecule has 1 aromatic rings. The van der Waals surface area contributed by atoms with Gasteiger partial charge in [-0.3, -0.25) is 14.3 Å². The van der Waals surface area contributed by atoms with Gasteiger partial charge < -0.3 is 15.4 Å². The van der Waals surface area contributed by atoms with E-state index in [-0.39, 0.29) is 17.6 Å². The van der Waals surface area contributed by atoms with Crippen molar-refractivity contribution in [3.63, 3.8) is 0 Å². The van der Waals surface area contributed by atoms with Gasteiger partial charge in [0.2, 0.25) is 21.8 Å². The minimum absolute atomic E-state index is 0.130. The Labute approximate surface area is 148 Å². The number of carbonyl (C=O) groups excluding carboxylic acids is 2. The van der Waals surface area contributed by atoms with Gasteiger partial charge in [0, 0.05) is 26.1 Å². The van der Waals surface area contributed by atoms with Gasteiger partial charge >= 0.3 is 0 Å². The Bertz CT molecular complexity index is 691. The van der Waals surface area contributed by atoms with Crippen LogP contribution in [0.1, 0.15) is 20.3 Å². The molecule has 0 aliphatic rings. The van der Waals surface area contributed by atoms with Crippen molar-refractivity contribution in [1.82, 2.24) is 10.6 Å². The Kier molecular flexibility index (Phi) is 8.20. The van der Waals surface area contributed by atoms with Crippen molar-refractivity contribution in [2.45, 2.75) is 20.3 Å². The first-order valence-corrected chi connectivity index (χ1v) is 9.55. The van der Waals surface area contributed by atoms with E-state index >= 15 is 0 Å². The third kappa shape index (κ3) is 8.39. The van der Waals surface area contributed by atoms with Crippen LogP contribution in [-0.4, -0.2) is 46.2 Å². The van der Waals surface area contributed by atoms with Crippen LogP contribution in [0.2, 0.25) is 0 Å². The van der Waals surface area contributed by atoms with E-state index in [9.17, 15) is 18.0 Å². The van der Waals surface area contributed by atoms with E-state index in [0.29, 0.717) is 30.9 Å². The highest BCUT2D eigenvalue weighted by Crippen LogP contribution is 2.18. The van der Waals surface area contributed by atoms with Crippen LogP contribution < -0.4 is 20.1 Å². The number of hydrogen-bond donors (Lipinski definition) is 3. The molecule has 0 saturated heterocycles. The van der Waals surface area contributed by atoms with Crippen molar-refractivity contribution in [2.24, 2.45) is 5.92 Å². The van der Waals surface area contributed by atoms with Crippen LogP contribution in [0.4, 0.5) is 5.69 Å². The van der Waals surface area contributed by atoms with Crippen LogP contribution in [0.5, 0.6) is 5.75 Å². The molecular formula is C16H25N3O5S. The van der Waals surface area contributed by atoms with Crippen molar-refractivity contribution < 1.29 is 22.7 Å².